The summed E-state index contributed by atoms with van der Waals surface area (Å²) in [5, 5.41) is 3.94. The molecule has 0 amide bonds. The minimum atomic E-state index is -0.671. The van der Waals surface area contributed by atoms with Gasteiger partial charge >= 0.3 is 0 Å². The first-order chi connectivity index (χ1) is 9.95. The molecule has 21 heavy (non-hydrogen) atoms. The molecule has 0 aliphatic rings. The van der Waals surface area contributed by atoms with Gasteiger partial charge in [-0.15, -0.1) is 11.3 Å². The molecule has 2 heterocycles. The molecule has 3 aromatic rings. The fourth-order valence-electron chi connectivity index (χ4n) is 2.14. The number of aryl methyl sites for hydroxylation is 2. The Hall–Kier alpha value is -2.21. The van der Waals surface area contributed by atoms with Gasteiger partial charge in [-0.3, -0.25) is 0 Å². The van der Waals surface area contributed by atoms with Gasteiger partial charge in [-0.25, -0.2) is 8.78 Å². The molecule has 0 fully saturated rings. The number of benzene rings is 1. The maximum Gasteiger partial charge on any atom is 0.230 e. The second-order valence-electron chi connectivity index (χ2n) is 4.78. The highest BCUT2D eigenvalue weighted by Gasteiger charge is 2.20. The van der Waals surface area contributed by atoms with Crippen molar-refractivity contribution in [2.75, 3.05) is 5.73 Å². The molecule has 0 atom stereocenters. The minimum absolute atomic E-state index is 0.0405. The van der Waals surface area contributed by atoms with E-state index in [9.17, 15) is 8.78 Å². The molecule has 0 spiro atoms. The van der Waals surface area contributed by atoms with Crippen LogP contribution >= 0.6 is 11.3 Å². The Balaban J connectivity index is 2.21. The lowest BCUT2D eigenvalue weighted by atomic mass is 10.0. The van der Waals surface area contributed by atoms with Crippen molar-refractivity contribution >= 4 is 17.2 Å². The highest BCUT2D eigenvalue weighted by molar-refractivity contribution is 7.15. The molecule has 0 bridgehead atoms. The van der Waals surface area contributed by atoms with Gasteiger partial charge in [-0.05, 0) is 43.2 Å². The van der Waals surface area contributed by atoms with Gasteiger partial charge in [-0.1, -0.05) is 5.16 Å². The molecule has 0 saturated carbocycles. The summed E-state index contributed by atoms with van der Waals surface area (Å²) in [4.78, 5) is 1.99. The van der Waals surface area contributed by atoms with E-state index in [0.717, 1.165) is 21.4 Å². The summed E-state index contributed by atoms with van der Waals surface area (Å²) < 4.78 is 31.9. The second-order valence-corrected chi connectivity index (χ2v) is 6.03. The predicted octanol–water partition coefficient (Wildman–Crippen LogP) is 4.55. The number of rotatable bonds is 2. The van der Waals surface area contributed by atoms with Gasteiger partial charge in [-0.2, -0.15) is 0 Å². The van der Waals surface area contributed by atoms with Gasteiger partial charge < -0.3 is 10.3 Å². The molecule has 1 aromatic carbocycles. The van der Waals surface area contributed by atoms with Gasteiger partial charge in [0.2, 0.25) is 5.88 Å². The number of nitrogens with two attached hydrogens (primary N) is 1. The summed E-state index contributed by atoms with van der Waals surface area (Å²) >= 11 is 1.53. The van der Waals surface area contributed by atoms with Crippen LogP contribution in [0.1, 0.15) is 10.4 Å². The van der Waals surface area contributed by atoms with E-state index >= 15 is 0 Å². The van der Waals surface area contributed by atoms with Crippen LogP contribution in [0.25, 0.3) is 21.7 Å². The Kier molecular flexibility index (Phi) is 3.25. The van der Waals surface area contributed by atoms with Crippen molar-refractivity contribution in [1.29, 1.82) is 0 Å². The van der Waals surface area contributed by atoms with Crippen LogP contribution in [0.4, 0.5) is 14.7 Å². The Bertz CT molecular complexity index is 783. The van der Waals surface area contributed by atoms with Crippen LogP contribution in [-0.2, 0) is 0 Å². The molecular formula is C15H12F2N2OS. The summed E-state index contributed by atoms with van der Waals surface area (Å²) in [5.41, 5.74) is 8.13. The van der Waals surface area contributed by atoms with Crippen LogP contribution in [-0.4, -0.2) is 5.16 Å². The molecule has 0 aliphatic carbocycles. The molecule has 3 rings (SSSR count). The molecule has 2 N–H and O–H groups in total. The third-order valence-corrected chi connectivity index (χ3v) is 4.43. The maximum atomic E-state index is 13.4. The van der Waals surface area contributed by atoms with E-state index in [2.05, 4.69) is 5.16 Å². The zero-order valence-corrected chi connectivity index (χ0v) is 12.2. The number of nitrogens with zero attached hydrogens (tertiary/aromatic N) is 1. The van der Waals surface area contributed by atoms with E-state index in [1.807, 2.05) is 19.9 Å². The number of aromatic nitrogens is 1. The lowest BCUT2D eigenvalue weighted by Crippen LogP contribution is -1.89. The standard InChI is InChI=1S/C15H12F2N2OS/c1-7-3-12(21-8(7)2)14-13(15(18)20-19-14)9-4-10(16)6-11(17)5-9/h3-6H,18H2,1-2H3. The summed E-state index contributed by atoms with van der Waals surface area (Å²) in [7, 11) is 0. The quantitative estimate of drug-likeness (QED) is 0.756. The number of hydrogen-bond donors (Lipinski definition) is 1. The van der Waals surface area contributed by atoms with Crippen molar-refractivity contribution < 1.29 is 13.3 Å². The summed E-state index contributed by atoms with van der Waals surface area (Å²) in [6.45, 7) is 3.98. The van der Waals surface area contributed by atoms with Crippen molar-refractivity contribution in [3.8, 4) is 21.7 Å². The van der Waals surface area contributed by atoms with Gasteiger partial charge in [0, 0.05) is 10.9 Å². The first-order valence-electron chi connectivity index (χ1n) is 6.24. The number of thiophene rings is 1. The molecule has 108 valence electrons. The van der Waals surface area contributed by atoms with Gasteiger partial charge in [0.1, 0.15) is 17.3 Å². The number of hydrogen-bond acceptors (Lipinski definition) is 4. The van der Waals surface area contributed by atoms with Crippen LogP contribution in [0, 0.1) is 25.5 Å². The number of halogens is 2. The fourth-order valence-corrected chi connectivity index (χ4v) is 3.16. The van der Waals surface area contributed by atoms with Crippen LogP contribution in [0.5, 0.6) is 0 Å². The van der Waals surface area contributed by atoms with Gasteiger partial charge in [0.25, 0.3) is 0 Å². The van der Waals surface area contributed by atoms with Crippen molar-refractivity contribution in [3.05, 3.63) is 46.3 Å². The average molecular weight is 306 g/mol. The fraction of sp³-hybridized carbons (Fsp3) is 0.133. The summed E-state index contributed by atoms with van der Waals surface area (Å²) in [6.07, 6.45) is 0. The summed E-state index contributed by atoms with van der Waals surface area (Å²) in [6, 6.07) is 5.19. The Morgan fingerprint density at radius 3 is 2.33 bits per heavy atom. The molecular weight excluding hydrogens is 294 g/mol. The van der Waals surface area contributed by atoms with Crippen LogP contribution in [0.2, 0.25) is 0 Å². The largest absolute Gasteiger partial charge is 0.367 e. The van der Waals surface area contributed by atoms with E-state index in [-0.39, 0.29) is 5.88 Å². The highest BCUT2D eigenvalue weighted by Crippen LogP contribution is 2.40. The predicted molar refractivity (Wildman–Crippen MR) is 79.1 cm³/mol. The minimum Gasteiger partial charge on any atom is -0.367 e. The zero-order chi connectivity index (χ0) is 15.1. The van der Waals surface area contributed by atoms with Crippen LogP contribution in [0.15, 0.2) is 28.8 Å². The normalized spacial score (nSPS) is 11.0. The highest BCUT2D eigenvalue weighted by atomic mass is 32.1. The lowest BCUT2D eigenvalue weighted by molar-refractivity contribution is 0.439. The molecule has 0 unspecified atom stereocenters. The van der Waals surface area contributed by atoms with E-state index in [1.54, 1.807) is 0 Å². The molecule has 0 saturated heterocycles. The lowest BCUT2D eigenvalue weighted by Gasteiger charge is -2.02. The van der Waals surface area contributed by atoms with Crippen molar-refractivity contribution in [3.63, 3.8) is 0 Å². The topological polar surface area (TPSA) is 52.0 Å². The molecule has 0 radical (unpaired) electrons. The van der Waals surface area contributed by atoms with Crippen molar-refractivity contribution in [2.45, 2.75) is 13.8 Å². The molecule has 3 nitrogen and oxygen atoms in total. The Labute approximate surface area is 124 Å². The third-order valence-electron chi connectivity index (χ3n) is 3.27. The maximum absolute atomic E-state index is 13.4. The van der Waals surface area contributed by atoms with Gasteiger partial charge in [0.15, 0.2) is 0 Å². The molecule has 6 heteroatoms. The van der Waals surface area contributed by atoms with E-state index in [4.69, 9.17) is 10.3 Å². The Morgan fingerprint density at radius 2 is 1.76 bits per heavy atom. The SMILES string of the molecule is Cc1cc(-c2noc(N)c2-c2cc(F)cc(F)c2)sc1C. The van der Waals surface area contributed by atoms with E-state index in [1.165, 1.54) is 23.5 Å². The van der Waals surface area contributed by atoms with Crippen LogP contribution < -0.4 is 5.73 Å². The smallest absolute Gasteiger partial charge is 0.230 e. The third kappa shape index (κ3) is 2.42. The Morgan fingerprint density at radius 1 is 1.10 bits per heavy atom. The second kappa shape index (κ2) is 4.96. The van der Waals surface area contributed by atoms with Crippen molar-refractivity contribution in [2.24, 2.45) is 0 Å². The van der Waals surface area contributed by atoms with E-state index in [0.29, 0.717) is 16.8 Å². The number of nitrogen functional groups attached to an aromatic ring is 1. The molecule has 2 aromatic heterocycles. The first-order valence-corrected chi connectivity index (χ1v) is 7.06. The molecule has 0 aliphatic heterocycles. The number of anilines is 1. The van der Waals surface area contributed by atoms with Crippen molar-refractivity contribution in [1.82, 2.24) is 5.16 Å². The van der Waals surface area contributed by atoms with E-state index < -0.39 is 11.6 Å². The monoisotopic (exact) mass is 306 g/mol. The van der Waals surface area contributed by atoms with Crippen LogP contribution in [0.3, 0.4) is 0 Å². The zero-order valence-electron chi connectivity index (χ0n) is 11.4. The van der Waals surface area contributed by atoms with Gasteiger partial charge in [0.05, 0.1) is 10.4 Å². The first kappa shape index (κ1) is 13.8. The summed E-state index contributed by atoms with van der Waals surface area (Å²) in [5.74, 6) is -1.30. The average Bonchev–Trinajstić information content (AvgIpc) is 2.92.